The first-order valence-electron chi connectivity index (χ1n) is 6.99. The first kappa shape index (κ1) is 14.9. The lowest BCUT2D eigenvalue weighted by Gasteiger charge is -2.04. The number of nitrogens with two attached hydrogens (primary N) is 1. The van der Waals surface area contributed by atoms with Gasteiger partial charge in [0.2, 0.25) is 5.91 Å². The Morgan fingerprint density at radius 3 is 2.48 bits per heavy atom. The summed E-state index contributed by atoms with van der Waals surface area (Å²) in [7, 11) is 0. The van der Waals surface area contributed by atoms with E-state index < -0.39 is 11.8 Å². The van der Waals surface area contributed by atoms with Crippen molar-refractivity contribution >= 4 is 17.2 Å². The molecule has 1 unspecified atom stereocenters. The third kappa shape index (κ3) is 3.12. The summed E-state index contributed by atoms with van der Waals surface area (Å²) >= 11 is 1.27. The molecule has 0 aliphatic heterocycles. The fraction of sp³-hybridized carbons (Fsp3) is 0.0556. The van der Waals surface area contributed by atoms with Gasteiger partial charge in [0.25, 0.3) is 0 Å². The number of aromatic nitrogens is 1. The average Bonchev–Trinajstić information content (AvgIpc) is 3.06. The van der Waals surface area contributed by atoms with Crippen LogP contribution in [0.15, 0.2) is 60.0 Å². The summed E-state index contributed by atoms with van der Waals surface area (Å²) in [6.07, 6.45) is 0. The van der Waals surface area contributed by atoms with Crippen molar-refractivity contribution in [3.8, 4) is 28.5 Å². The number of hydrogen-bond acceptors (Lipinski definition) is 4. The van der Waals surface area contributed by atoms with E-state index in [0.717, 1.165) is 22.4 Å². The van der Waals surface area contributed by atoms with Gasteiger partial charge < -0.3 is 5.73 Å². The van der Waals surface area contributed by atoms with Crippen molar-refractivity contribution in [3.63, 3.8) is 0 Å². The number of thiazole rings is 1. The molecule has 0 saturated heterocycles. The van der Waals surface area contributed by atoms with Gasteiger partial charge in [0.15, 0.2) is 5.92 Å². The zero-order valence-corrected chi connectivity index (χ0v) is 13.0. The standard InChI is InChI=1S/C18H13N3OS/c19-10-15(17(20)22)18-21-16(11-23-18)14-8-4-7-13(9-14)12-5-2-1-3-6-12/h1-9,11,15H,(H2,20,22). The molecule has 0 aliphatic rings. The first-order chi connectivity index (χ1) is 11.2. The van der Waals surface area contributed by atoms with Gasteiger partial charge in [-0.25, -0.2) is 4.98 Å². The maximum absolute atomic E-state index is 11.3. The van der Waals surface area contributed by atoms with Gasteiger partial charge in [0, 0.05) is 10.9 Å². The molecule has 5 heteroatoms. The monoisotopic (exact) mass is 319 g/mol. The van der Waals surface area contributed by atoms with Gasteiger partial charge in [0.05, 0.1) is 11.8 Å². The van der Waals surface area contributed by atoms with Crippen molar-refractivity contribution in [1.29, 1.82) is 5.26 Å². The minimum absolute atomic E-state index is 0.431. The predicted octanol–water partition coefficient (Wildman–Crippen LogP) is 3.57. The van der Waals surface area contributed by atoms with Crippen molar-refractivity contribution < 1.29 is 4.79 Å². The lowest BCUT2D eigenvalue weighted by molar-refractivity contribution is -0.118. The highest BCUT2D eigenvalue weighted by atomic mass is 32.1. The summed E-state index contributed by atoms with van der Waals surface area (Å²) in [5.41, 5.74) is 9.12. The van der Waals surface area contributed by atoms with Crippen LogP contribution < -0.4 is 5.73 Å². The van der Waals surface area contributed by atoms with E-state index in [-0.39, 0.29) is 0 Å². The Bertz CT molecular complexity index is 881. The number of carbonyl (C=O) groups is 1. The number of rotatable bonds is 4. The number of carbonyl (C=O) groups excluding carboxylic acids is 1. The lowest BCUT2D eigenvalue weighted by Crippen LogP contribution is -2.19. The largest absolute Gasteiger partial charge is 0.368 e. The van der Waals surface area contributed by atoms with Crippen LogP contribution >= 0.6 is 11.3 Å². The molecule has 2 N–H and O–H groups in total. The third-order valence-corrected chi connectivity index (χ3v) is 4.36. The van der Waals surface area contributed by atoms with Gasteiger partial charge in [-0.1, -0.05) is 48.5 Å². The van der Waals surface area contributed by atoms with E-state index in [0.29, 0.717) is 5.01 Å². The topological polar surface area (TPSA) is 79.8 Å². The van der Waals surface area contributed by atoms with Crippen molar-refractivity contribution in [3.05, 3.63) is 65.0 Å². The molecule has 23 heavy (non-hydrogen) atoms. The van der Waals surface area contributed by atoms with Crippen molar-refractivity contribution in [2.24, 2.45) is 5.73 Å². The molecular formula is C18H13N3OS. The van der Waals surface area contributed by atoms with Crippen LogP contribution in [0, 0.1) is 11.3 Å². The van der Waals surface area contributed by atoms with Crippen LogP contribution in [0.1, 0.15) is 10.9 Å². The molecule has 1 atom stereocenters. The van der Waals surface area contributed by atoms with E-state index >= 15 is 0 Å². The minimum Gasteiger partial charge on any atom is -0.368 e. The van der Waals surface area contributed by atoms with Crippen LogP contribution in [0.25, 0.3) is 22.4 Å². The van der Waals surface area contributed by atoms with Gasteiger partial charge in [-0.05, 0) is 17.2 Å². The zero-order valence-electron chi connectivity index (χ0n) is 12.1. The molecule has 0 fully saturated rings. The highest BCUT2D eigenvalue weighted by Crippen LogP contribution is 2.29. The van der Waals surface area contributed by atoms with Gasteiger partial charge in [-0.3, -0.25) is 4.79 Å². The SMILES string of the molecule is N#CC(C(N)=O)c1nc(-c2cccc(-c3ccccc3)c2)cs1. The summed E-state index contributed by atoms with van der Waals surface area (Å²) in [5, 5.41) is 11.3. The molecule has 0 aliphatic carbocycles. The maximum atomic E-state index is 11.3. The van der Waals surface area contributed by atoms with Crippen LogP contribution in [-0.2, 0) is 4.79 Å². The van der Waals surface area contributed by atoms with Crippen LogP contribution in [0.2, 0.25) is 0 Å². The van der Waals surface area contributed by atoms with E-state index in [1.807, 2.05) is 66.0 Å². The number of nitrogens with zero attached hydrogens (tertiary/aromatic N) is 2. The summed E-state index contributed by atoms with van der Waals surface area (Å²) in [6.45, 7) is 0. The molecule has 3 rings (SSSR count). The second-order valence-corrected chi connectivity index (χ2v) is 5.87. The Morgan fingerprint density at radius 2 is 1.78 bits per heavy atom. The Balaban J connectivity index is 1.96. The van der Waals surface area contributed by atoms with Crippen LogP contribution in [0.3, 0.4) is 0 Å². The molecule has 3 aromatic rings. The molecule has 4 nitrogen and oxygen atoms in total. The van der Waals surface area contributed by atoms with E-state index in [9.17, 15) is 4.79 Å². The number of primary amides is 1. The van der Waals surface area contributed by atoms with Crippen LogP contribution in [0.4, 0.5) is 0 Å². The Kier molecular flexibility index (Phi) is 4.18. The van der Waals surface area contributed by atoms with Crippen molar-refractivity contribution in [2.75, 3.05) is 0 Å². The van der Waals surface area contributed by atoms with E-state index in [4.69, 9.17) is 11.0 Å². The van der Waals surface area contributed by atoms with Crippen molar-refractivity contribution in [1.82, 2.24) is 4.98 Å². The minimum atomic E-state index is -0.994. The van der Waals surface area contributed by atoms with Crippen LogP contribution in [-0.4, -0.2) is 10.9 Å². The predicted molar refractivity (Wildman–Crippen MR) is 90.5 cm³/mol. The molecule has 0 spiro atoms. The summed E-state index contributed by atoms with van der Waals surface area (Å²) in [4.78, 5) is 15.7. The average molecular weight is 319 g/mol. The zero-order chi connectivity index (χ0) is 16.2. The van der Waals surface area contributed by atoms with Gasteiger partial charge in [-0.2, -0.15) is 5.26 Å². The van der Waals surface area contributed by atoms with Gasteiger partial charge in [0.1, 0.15) is 5.01 Å². The van der Waals surface area contributed by atoms with E-state index in [1.54, 1.807) is 0 Å². The molecule has 1 heterocycles. The molecule has 1 aromatic heterocycles. The maximum Gasteiger partial charge on any atom is 0.241 e. The number of hydrogen-bond donors (Lipinski definition) is 1. The second-order valence-electron chi connectivity index (χ2n) is 4.98. The molecule has 2 aromatic carbocycles. The summed E-state index contributed by atoms with van der Waals surface area (Å²) < 4.78 is 0. The Morgan fingerprint density at radius 1 is 1.09 bits per heavy atom. The summed E-state index contributed by atoms with van der Waals surface area (Å²) in [5.74, 6) is -1.67. The molecule has 0 radical (unpaired) electrons. The Labute approximate surface area is 137 Å². The highest BCUT2D eigenvalue weighted by molar-refractivity contribution is 7.10. The summed E-state index contributed by atoms with van der Waals surface area (Å²) in [6, 6.07) is 19.9. The molecule has 112 valence electrons. The van der Waals surface area contributed by atoms with E-state index in [1.165, 1.54) is 11.3 Å². The number of amides is 1. The van der Waals surface area contributed by atoms with Gasteiger partial charge in [-0.15, -0.1) is 11.3 Å². The Hall–Kier alpha value is -2.97. The lowest BCUT2D eigenvalue weighted by atomic mass is 10.0. The molecule has 0 saturated carbocycles. The molecule has 1 amide bonds. The third-order valence-electron chi connectivity index (χ3n) is 3.45. The smallest absolute Gasteiger partial charge is 0.241 e. The van der Waals surface area contributed by atoms with Gasteiger partial charge >= 0.3 is 0 Å². The quantitative estimate of drug-likeness (QED) is 0.798. The van der Waals surface area contributed by atoms with Crippen LogP contribution in [0.5, 0.6) is 0 Å². The fourth-order valence-corrected chi connectivity index (χ4v) is 3.16. The first-order valence-corrected chi connectivity index (χ1v) is 7.87. The molecule has 0 bridgehead atoms. The highest BCUT2D eigenvalue weighted by Gasteiger charge is 2.21. The normalized spacial score (nSPS) is 11.6. The fourth-order valence-electron chi connectivity index (χ4n) is 2.28. The second kappa shape index (κ2) is 6.42. The van der Waals surface area contributed by atoms with E-state index in [2.05, 4.69) is 4.98 Å². The number of benzene rings is 2. The molecular weight excluding hydrogens is 306 g/mol. The van der Waals surface area contributed by atoms with Crippen molar-refractivity contribution in [2.45, 2.75) is 5.92 Å². The number of nitriles is 1.